The van der Waals surface area contributed by atoms with E-state index in [0.29, 0.717) is 0 Å². The van der Waals surface area contributed by atoms with Crippen LogP contribution in [0.2, 0.25) is 0 Å². The molecule has 0 aromatic heterocycles. The number of ether oxygens (including phenoxy) is 1. The molecule has 0 fully saturated rings. The number of quaternary nitrogens is 1. The lowest BCUT2D eigenvalue weighted by atomic mass is 10.2. The summed E-state index contributed by atoms with van der Waals surface area (Å²) in [4.78, 5) is 0. The van der Waals surface area contributed by atoms with Crippen molar-refractivity contribution < 1.29 is 26.2 Å². The van der Waals surface area contributed by atoms with Gasteiger partial charge in [-0.25, -0.2) is 0 Å². The Morgan fingerprint density at radius 1 is 0.765 bits per heavy atom. The van der Waals surface area contributed by atoms with Crippen LogP contribution >= 0.6 is 0 Å². The average Bonchev–Trinajstić information content (AvgIpc) is 2.31. The van der Waals surface area contributed by atoms with Crippen molar-refractivity contribution in [2.75, 3.05) is 33.5 Å². The summed E-state index contributed by atoms with van der Waals surface area (Å²) in [6.45, 7) is 11.6. The van der Waals surface area contributed by atoms with Gasteiger partial charge in [0.25, 0.3) is 0 Å². The van der Waals surface area contributed by atoms with Crippen molar-refractivity contribution in [1.82, 2.24) is 0 Å². The molecule has 0 aliphatic carbocycles. The summed E-state index contributed by atoms with van der Waals surface area (Å²) >= 11 is 0. The van der Waals surface area contributed by atoms with E-state index in [4.69, 9.17) is 4.74 Å². The van der Waals surface area contributed by atoms with Gasteiger partial charge in [0.1, 0.15) is 0 Å². The van der Waals surface area contributed by atoms with Gasteiger partial charge in [-0.15, -0.1) is 0 Å². The molecule has 0 aliphatic rings. The van der Waals surface area contributed by atoms with E-state index in [1.165, 1.54) is 62.6 Å². The van der Waals surface area contributed by atoms with Crippen LogP contribution < -0.4 is 17.0 Å². The largest absolute Gasteiger partial charge is 1.00 e. The minimum atomic E-state index is 0. The number of nitrogens with zero attached hydrogens (tertiary/aromatic N) is 1. The van der Waals surface area contributed by atoms with Gasteiger partial charge in [0.05, 0.1) is 19.6 Å². The molecule has 0 radical (unpaired) electrons. The fraction of sp³-hybridized carbons (Fsp3) is 1.00. The van der Waals surface area contributed by atoms with E-state index < -0.39 is 0 Å². The van der Waals surface area contributed by atoms with Gasteiger partial charge in [-0.05, 0) is 19.3 Å². The Morgan fingerprint density at radius 2 is 1.12 bits per heavy atom. The quantitative estimate of drug-likeness (QED) is 0.405. The number of halogens is 1. The van der Waals surface area contributed by atoms with Crippen molar-refractivity contribution in [2.45, 2.75) is 59.3 Å². The van der Waals surface area contributed by atoms with Gasteiger partial charge in [0.15, 0.2) is 6.73 Å². The van der Waals surface area contributed by atoms with E-state index >= 15 is 0 Å². The first-order valence-corrected chi connectivity index (χ1v) is 7.08. The third-order valence-corrected chi connectivity index (χ3v) is 3.36. The first kappa shape index (κ1) is 19.7. The van der Waals surface area contributed by atoms with Crippen LogP contribution in [-0.2, 0) is 4.74 Å². The van der Waals surface area contributed by atoms with Crippen molar-refractivity contribution in [1.29, 1.82) is 0 Å². The van der Waals surface area contributed by atoms with Crippen LogP contribution in [0.1, 0.15) is 59.3 Å². The molecule has 0 aliphatic heterocycles. The highest BCUT2D eigenvalue weighted by atomic mass is 79.9. The van der Waals surface area contributed by atoms with E-state index in [9.17, 15) is 0 Å². The first-order valence-electron chi connectivity index (χ1n) is 7.08. The van der Waals surface area contributed by atoms with Crippen LogP contribution in [-0.4, -0.2) is 38.0 Å². The van der Waals surface area contributed by atoms with Crippen molar-refractivity contribution in [3.05, 3.63) is 0 Å². The van der Waals surface area contributed by atoms with Crippen molar-refractivity contribution in [2.24, 2.45) is 0 Å². The Hall–Kier alpha value is 0.400. The Kier molecular flexibility index (Phi) is 14.9. The molecule has 0 unspecified atom stereocenters. The molecule has 0 spiro atoms. The Morgan fingerprint density at radius 3 is 1.35 bits per heavy atom. The van der Waals surface area contributed by atoms with Crippen LogP contribution in [0.3, 0.4) is 0 Å². The highest BCUT2D eigenvalue weighted by Gasteiger charge is 2.25. The van der Waals surface area contributed by atoms with Crippen LogP contribution in [0.5, 0.6) is 0 Å². The van der Waals surface area contributed by atoms with Crippen LogP contribution in [0, 0.1) is 0 Å². The number of hydrogen-bond acceptors (Lipinski definition) is 1. The summed E-state index contributed by atoms with van der Waals surface area (Å²) in [5.74, 6) is 0. The summed E-state index contributed by atoms with van der Waals surface area (Å²) in [6.07, 6.45) is 7.87. The second-order valence-corrected chi connectivity index (χ2v) is 4.99. The summed E-state index contributed by atoms with van der Waals surface area (Å²) in [5, 5.41) is 0. The molecule has 0 rings (SSSR count). The van der Waals surface area contributed by atoms with Gasteiger partial charge < -0.3 is 26.2 Å². The molecule has 0 aromatic rings. The van der Waals surface area contributed by atoms with E-state index in [2.05, 4.69) is 20.8 Å². The summed E-state index contributed by atoms with van der Waals surface area (Å²) in [6, 6.07) is 0. The Bertz CT molecular complexity index is 131. The zero-order valence-electron chi connectivity index (χ0n) is 12.3. The number of rotatable bonds is 11. The molecular formula is C14H32BrNO. The standard InChI is InChI=1S/C14H32NO.BrH/c1-5-8-11-15(14-16-4,12-9-6-2)13-10-7-3;/h5-14H2,1-4H3;1H/q+1;/p-1. The predicted molar refractivity (Wildman–Crippen MR) is 71.5 cm³/mol. The molecular weight excluding hydrogens is 278 g/mol. The first-order chi connectivity index (χ1) is 7.74. The molecule has 106 valence electrons. The van der Waals surface area contributed by atoms with E-state index in [1.54, 1.807) is 0 Å². The van der Waals surface area contributed by atoms with Crippen molar-refractivity contribution >= 4 is 0 Å². The molecule has 17 heavy (non-hydrogen) atoms. The molecule has 0 saturated heterocycles. The third-order valence-electron chi connectivity index (χ3n) is 3.36. The molecule has 0 amide bonds. The molecule has 0 atom stereocenters. The molecule has 0 saturated carbocycles. The minimum Gasteiger partial charge on any atom is -1.00 e. The molecule has 2 nitrogen and oxygen atoms in total. The molecule has 0 heterocycles. The lowest BCUT2D eigenvalue weighted by Gasteiger charge is -2.38. The number of hydrogen-bond donors (Lipinski definition) is 0. The van der Waals surface area contributed by atoms with E-state index in [1.807, 2.05) is 7.11 Å². The van der Waals surface area contributed by atoms with E-state index in [-0.39, 0.29) is 17.0 Å². The summed E-state index contributed by atoms with van der Waals surface area (Å²) < 4.78 is 6.66. The zero-order chi connectivity index (χ0) is 12.3. The van der Waals surface area contributed by atoms with Gasteiger partial charge in [-0.1, -0.05) is 40.0 Å². The SMILES string of the molecule is CCCC[N+](CCCC)(CCCC)COC.[Br-]. The van der Waals surface area contributed by atoms with Gasteiger partial charge in [-0.3, -0.25) is 0 Å². The lowest BCUT2D eigenvalue weighted by Crippen LogP contribution is -3.00. The van der Waals surface area contributed by atoms with Crippen LogP contribution in [0.25, 0.3) is 0 Å². The maximum atomic E-state index is 5.47. The van der Waals surface area contributed by atoms with Gasteiger partial charge in [0, 0.05) is 7.11 Å². The number of methoxy groups -OCH3 is 1. The van der Waals surface area contributed by atoms with Crippen molar-refractivity contribution in [3.8, 4) is 0 Å². The van der Waals surface area contributed by atoms with Gasteiger partial charge >= 0.3 is 0 Å². The average molecular weight is 310 g/mol. The fourth-order valence-corrected chi connectivity index (χ4v) is 2.28. The second-order valence-electron chi connectivity index (χ2n) is 4.99. The van der Waals surface area contributed by atoms with Crippen LogP contribution in [0.15, 0.2) is 0 Å². The van der Waals surface area contributed by atoms with Crippen molar-refractivity contribution in [3.63, 3.8) is 0 Å². The smallest absolute Gasteiger partial charge is 0.182 e. The van der Waals surface area contributed by atoms with Gasteiger partial charge in [0.2, 0.25) is 0 Å². The lowest BCUT2D eigenvalue weighted by molar-refractivity contribution is -0.946. The third kappa shape index (κ3) is 9.04. The fourth-order valence-electron chi connectivity index (χ4n) is 2.28. The predicted octanol–water partition coefficient (Wildman–Crippen LogP) is 0.811. The number of unbranched alkanes of at least 4 members (excludes halogenated alkanes) is 3. The highest BCUT2D eigenvalue weighted by molar-refractivity contribution is 4.45. The molecule has 0 N–H and O–H groups in total. The monoisotopic (exact) mass is 309 g/mol. The maximum Gasteiger partial charge on any atom is 0.182 e. The second kappa shape index (κ2) is 12.8. The zero-order valence-corrected chi connectivity index (χ0v) is 13.9. The van der Waals surface area contributed by atoms with E-state index in [0.717, 1.165) is 6.73 Å². The molecule has 0 aromatic carbocycles. The Balaban J connectivity index is 0. The highest BCUT2D eigenvalue weighted by Crippen LogP contribution is 2.14. The summed E-state index contributed by atoms with van der Waals surface area (Å²) in [5.41, 5.74) is 0. The Labute approximate surface area is 119 Å². The normalized spacial score (nSPS) is 11.3. The maximum absolute atomic E-state index is 5.47. The van der Waals surface area contributed by atoms with Crippen LogP contribution in [0.4, 0.5) is 0 Å². The molecule has 0 bridgehead atoms. The minimum absolute atomic E-state index is 0. The topological polar surface area (TPSA) is 9.23 Å². The van der Waals surface area contributed by atoms with Gasteiger partial charge in [-0.2, -0.15) is 0 Å². The molecule has 3 heteroatoms. The summed E-state index contributed by atoms with van der Waals surface area (Å²) in [7, 11) is 1.84.